The molecule has 0 unspecified atom stereocenters. The highest BCUT2D eigenvalue weighted by atomic mass is 32.1. The number of rotatable bonds is 7. The molecule has 2 nitrogen and oxygen atoms in total. The summed E-state index contributed by atoms with van der Waals surface area (Å²) >= 11 is 1.79. The zero-order valence-electron chi connectivity index (χ0n) is 13.2. The Labute approximate surface area is 122 Å². The van der Waals surface area contributed by atoms with Crippen LogP contribution in [0.1, 0.15) is 75.6 Å². The van der Waals surface area contributed by atoms with Gasteiger partial charge in [-0.15, -0.1) is 11.3 Å². The van der Waals surface area contributed by atoms with Crippen molar-refractivity contribution < 1.29 is 0 Å². The molecule has 0 bridgehead atoms. The van der Waals surface area contributed by atoms with Crippen LogP contribution in [0, 0.1) is 0 Å². The van der Waals surface area contributed by atoms with Crippen LogP contribution in [-0.2, 0) is 17.5 Å². The first-order chi connectivity index (χ1) is 8.66. The quantitative estimate of drug-likeness (QED) is 0.734. The molecule has 0 aliphatic carbocycles. The number of nitrogens with two attached hydrogens (primary N) is 2. The van der Waals surface area contributed by atoms with E-state index in [1.165, 1.54) is 41.0 Å². The second kappa shape index (κ2) is 6.38. The summed E-state index contributed by atoms with van der Waals surface area (Å²) in [5, 5.41) is 0. The molecule has 0 aliphatic heterocycles. The second-order valence-electron chi connectivity index (χ2n) is 6.72. The molecule has 0 saturated heterocycles. The smallest absolute Gasteiger partial charge is 0.0449 e. The number of hydrogen-bond donors (Lipinski definition) is 2. The summed E-state index contributed by atoms with van der Waals surface area (Å²) in [4.78, 5) is 2.55. The van der Waals surface area contributed by atoms with Gasteiger partial charge in [-0.1, -0.05) is 26.2 Å². The van der Waals surface area contributed by atoms with Crippen molar-refractivity contribution in [1.29, 1.82) is 0 Å². The Hall–Kier alpha value is -0.380. The van der Waals surface area contributed by atoms with E-state index in [4.69, 9.17) is 11.5 Å². The van der Waals surface area contributed by atoms with Gasteiger partial charge in [0.1, 0.15) is 0 Å². The summed E-state index contributed by atoms with van der Waals surface area (Å²) in [7, 11) is 0. The molecule has 110 valence electrons. The lowest BCUT2D eigenvalue weighted by Crippen LogP contribution is -2.29. The van der Waals surface area contributed by atoms with Crippen molar-refractivity contribution in [3.05, 3.63) is 21.4 Å². The van der Waals surface area contributed by atoms with E-state index >= 15 is 0 Å². The first-order valence-corrected chi connectivity index (χ1v) is 8.19. The molecule has 4 N–H and O–H groups in total. The standard InChI is InChI=1S/C16H30N2S/c1-6-7-8-9-10-12-11-13(15(2,3)17)19-14(12)16(4,5)18/h11H,6-10,17-18H2,1-5H3. The predicted molar refractivity (Wildman–Crippen MR) is 86.6 cm³/mol. The van der Waals surface area contributed by atoms with Crippen LogP contribution < -0.4 is 11.5 Å². The fraction of sp³-hybridized carbons (Fsp3) is 0.750. The van der Waals surface area contributed by atoms with Crippen LogP contribution >= 0.6 is 11.3 Å². The minimum absolute atomic E-state index is 0.270. The SMILES string of the molecule is CCCCCCc1cc(C(C)(C)N)sc1C(C)(C)N. The molecule has 0 fully saturated rings. The van der Waals surface area contributed by atoms with Crippen molar-refractivity contribution in [3.63, 3.8) is 0 Å². The highest BCUT2D eigenvalue weighted by molar-refractivity contribution is 7.12. The summed E-state index contributed by atoms with van der Waals surface area (Å²) < 4.78 is 0. The molecule has 1 rings (SSSR count). The largest absolute Gasteiger partial charge is 0.321 e. The van der Waals surface area contributed by atoms with Gasteiger partial charge in [0.15, 0.2) is 0 Å². The van der Waals surface area contributed by atoms with Gasteiger partial charge in [-0.2, -0.15) is 0 Å². The van der Waals surface area contributed by atoms with E-state index in [1.807, 2.05) is 0 Å². The van der Waals surface area contributed by atoms with Crippen molar-refractivity contribution in [2.45, 2.75) is 77.8 Å². The Morgan fingerprint density at radius 2 is 1.63 bits per heavy atom. The van der Waals surface area contributed by atoms with Crippen molar-refractivity contribution in [2.24, 2.45) is 11.5 Å². The summed E-state index contributed by atoms with van der Waals surface area (Å²) in [6.45, 7) is 10.5. The minimum Gasteiger partial charge on any atom is -0.321 e. The zero-order chi connectivity index (χ0) is 14.7. The van der Waals surface area contributed by atoms with Gasteiger partial charge in [-0.25, -0.2) is 0 Å². The summed E-state index contributed by atoms with van der Waals surface area (Å²) in [6.07, 6.45) is 6.28. The van der Waals surface area contributed by atoms with Crippen molar-refractivity contribution >= 4 is 11.3 Å². The zero-order valence-corrected chi connectivity index (χ0v) is 14.0. The third kappa shape index (κ3) is 4.90. The Kier molecular flexibility index (Phi) is 5.60. The lowest BCUT2D eigenvalue weighted by Gasteiger charge is -2.19. The molecule has 3 heteroatoms. The number of aryl methyl sites for hydroxylation is 1. The fourth-order valence-corrected chi connectivity index (χ4v) is 3.46. The van der Waals surface area contributed by atoms with Gasteiger partial charge in [0, 0.05) is 20.8 Å². The highest BCUT2D eigenvalue weighted by Crippen LogP contribution is 2.36. The second-order valence-corrected chi connectivity index (χ2v) is 7.77. The van der Waals surface area contributed by atoms with E-state index in [9.17, 15) is 0 Å². The molecular formula is C16H30N2S. The van der Waals surface area contributed by atoms with Gasteiger partial charge in [-0.05, 0) is 52.2 Å². The van der Waals surface area contributed by atoms with Crippen molar-refractivity contribution in [2.75, 3.05) is 0 Å². The molecule has 1 aromatic heterocycles. The molecule has 1 heterocycles. The topological polar surface area (TPSA) is 52.0 Å². The Morgan fingerprint density at radius 3 is 2.11 bits per heavy atom. The first kappa shape index (κ1) is 16.7. The van der Waals surface area contributed by atoms with E-state index < -0.39 is 0 Å². The fourth-order valence-electron chi connectivity index (χ4n) is 2.22. The van der Waals surface area contributed by atoms with Gasteiger partial charge < -0.3 is 11.5 Å². The number of hydrogen-bond acceptors (Lipinski definition) is 3. The monoisotopic (exact) mass is 282 g/mol. The van der Waals surface area contributed by atoms with Crippen LogP contribution in [0.15, 0.2) is 6.07 Å². The van der Waals surface area contributed by atoms with Gasteiger partial charge in [0.2, 0.25) is 0 Å². The molecule has 0 aromatic carbocycles. The maximum atomic E-state index is 6.31. The number of unbranched alkanes of at least 4 members (excludes halogenated alkanes) is 3. The number of thiophene rings is 1. The highest BCUT2D eigenvalue weighted by Gasteiger charge is 2.25. The Balaban J connectivity index is 2.91. The molecule has 0 saturated carbocycles. The first-order valence-electron chi connectivity index (χ1n) is 7.37. The van der Waals surface area contributed by atoms with Crippen LogP contribution in [0.4, 0.5) is 0 Å². The van der Waals surface area contributed by atoms with E-state index in [-0.39, 0.29) is 11.1 Å². The molecule has 0 amide bonds. The minimum atomic E-state index is -0.271. The van der Waals surface area contributed by atoms with Crippen LogP contribution in [0.2, 0.25) is 0 Å². The predicted octanol–water partition coefficient (Wildman–Crippen LogP) is 4.26. The average Bonchev–Trinajstić information content (AvgIpc) is 2.67. The van der Waals surface area contributed by atoms with Gasteiger partial charge in [-0.3, -0.25) is 0 Å². The third-order valence-corrected chi connectivity index (χ3v) is 5.19. The van der Waals surface area contributed by atoms with Crippen molar-refractivity contribution in [1.82, 2.24) is 0 Å². The molecule has 0 spiro atoms. The van der Waals surface area contributed by atoms with Crippen LogP contribution in [0.5, 0.6) is 0 Å². The van der Waals surface area contributed by atoms with Gasteiger partial charge >= 0.3 is 0 Å². The maximum absolute atomic E-state index is 6.31. The summed E-state index contributed by atoms with van der Waals surface area (Å²) in [6, 6.07) is 2.28. The molecule has 0 atom stereocenters. The Morgan fingerprint density at radius 1 is 1.00 bits per heavy atom. The van der Waals surface area contributed by atoms with E-state index in [0.29, 0.717) is 0 Å². The molecule has 1 aromatic rings. The molecule has 0 aliphatic rings. The molecular weight excluding hydrogens is 252 g/mol. The van der Waals surface area contributed by atoms with Crippen LogP contribution in [0.25, 0.3) is 0 Å². The third-order valence-electron chi connectivity index (χ3n) is 3.33. The van der Waals surface area contributed by atoms with Gasteiger partial charge in [0.05, 0.1) is 0 Å². The molecule has 19 heavy (non-hydrogen) atoms. The van der Waals surface area contributed by atoms with Gasteiger partial charge in [0.25, 0.3) is 0 Å². The summed E-state index contributed by atoms with van der Waals surface area (Å²) in [5.74, 6) is 0. The van der Waals surface area contributed by atoms with Crippen LogP contribution in [-0.4, -0.2) is 0 Å². The average molecular weight is 282 g/mol. The normalized spacial score (nSPS) is 13.0. The molecule has 0 radical (unpaired) electrons. The lowest BCUT2D eigenvalue weighted by atomic mass is 9.95. The van der Waals surface area contributed by atoms with Crippen molar-refractivity contribution in [3.8, 4) is 0 Å². The Bertz CT molecular complexity index is 394. The summed E-state index contributed by atoms with van der Waals surface area (Å²) in [5.41, 5.74) is 13.4. The maximum Gasteiger partial charge on any atom is 0.0449 e. The lowest BCUT2D eigenvalue weighted by molar-refractivity contribution is 0.557. The van der Waals surface area contributed by atoms with E-state index in [2.05, 4.69) is 40.7 Å². The van der Waals surface area contributed by atoms with Crippen LogP contribution in [0.3, 0.4) is 0 Å². The van der Waals surface area contributed by atoms with E-state index in [1.54, 1.807) is 11.3 Å². The van der Waals surface area contributed by atoms with E-state index in [0.717, 1.165) is 6.42 Å².